The SMILES string of the molecule is CC(=O)ON(CCN(OC(C)=O)OC(C)=O)OC(C)=O.O=C([O-])CNCC(=O)[O-].[Na+].[Na+]. The van der Waals surface area contributed by atoms with Crippen LogP contribution in [0.2, 0.25) is 0 Å². The van der Waals surface area contributed by atoms with E-state index in [-0.39, 0.29) is 72.2 Å². The molecule has 0 aliphatic carbocycles. The second kappa shape index (κ2) is 21.9. The standard InChI is InChI=1S/C10H16N2O8.C4H7NO4.2Na/c1-7(13)17-11(18-8(2)14)5-6-12(19-9(3)15)20-10(4)16;6-3(7)1-5-2-4(8)9;;/h5-6H2,1-4H3;5H,1-2H2,(H,6,7)(H,8,9);;/q;;2*+1/p-2. The van der Waals surface area contributed by atoms with Gasteiger partial charge < -0.3 is 44.5 Å². The van der Waals surface area contributed by atoms with Crippen LogP contribution < -0.4 is 74.6 Å². The average molecular weight is 469 g/mol. The Morgan fingerprint density at radius 3 is 1.00 bits per heavy atom. The van der Waals surface area contributed by atoms with Gasteiger partial charge in [0.25, 0.3) is 0 Å². The van der Waals surface area contributed by atoms with E-state index in [1.165, 1.54) is 0 Å². The van der Waals surface area contributed by atoms with Crippen molar-refractivity contribution >= 4 is 35.8 Å². The van der Waals surface area contributed by atoms with Crippen LogP contribution >= 0.6 is 0 Å². The second-order valence-corrected chi connectivity index (χ2v) is 4.79. The molecule has 0 aromatic heterocycles. The first kappa shape index (κ1) is 37.0. The van der Waals surface area contributed by atoms with Crippen molar-refractivity contribution in [3.05, 3.63) is 0 Å². The van der Waals surface area contributed by atoms with Crippen LogP contribution in [0.5, 0.6) is 0 Å². The quantitative estimate of drug-likeness (QED) is 0.220. The smallest absolute Gasteiger partial charge is 0.549 e. The number of carboxylic acids is 2. The third-order valence-corrected chi connectivity index (χ3v) is 1.93. The van der Waals surface area contributed by atoms with Crippen LogP contribution in [0.3, 0.4) is 0 Å². The van der Waals surface area contributed by atoms with Gasteiger partial charge in [0.05, 0.1) is 25.0 Å². The summed E-state index contributed by atoms with van der Waals surface area (Å²) in [5.41, 5.74) is 0. The minimum Gasteiger partial charge on any atom is -0.549 e. The molecule has 0 aromatic rings. The molecule has 0 unspecified atom stereocenters. The molecule has 0 heterocycles. The third kappa shape index (κ3) is 31.0. The first-order valence-corrected chi connectivity index (χ1v) is 7.73. The van der Waals surface area contributed by atoms with E-state index >= 15 is 0 Å². The molecule has 0 amide bonds. The first-order chi connectivity index (χ1) is 13.3. The maximum atomic E-state index is 10.8. The van der Waals surface area contributed by atoms with Crippen LogP contribution in [0.25, 0.3) is 0 Å². The molecule has 0 bridgehead atoms. The summed E-state index contributed by atoms with van der Waals surface area (Å²) in [6.07, 6.45) is 0. The Hall–Kier alpha value is -1.30. The Labute approximate surface area is 221 Å². The van der Waals surface area contributed by atoms with Crippen molar-refractivity contribution in [3.63, 3.8) is 0 Å². The molecule has 0 aliphatic heterocycles. The molecule has 0 fully saturated rings. The summed E-state index contributed by atoms with van der Waals surface area (Å²) in [5, 5.41) is 22.4. The van der Waals surface area contributed by atoms with E-state index in [2.05, 4.69) is 24.7 Å². The largest absolute Gasteiger partial charge is 1.00 e. The minimum atomic E-state index is -1.34. The molecule has 0 saturated carbocycles. The van der Waals surface area contributed by atoms with Gasteiger partial charge in [-0.15, -0.1) is 0 Å². The number of carbonyl (C=O) groups excluding carboxylic acids is 6. The van der Waals surface area contributed by atoms with Crippen LogP contribution in [0.15, 0.2) is 0 Å². The van der Waals surface area contributed by atoms with E-state index in [1.807, 2.05) is 0 Å². The van der Waals surface area contributed by atoms with Gasteiger partial charge in [0.15, 0.2) is 0 Å². The average Bonchev–Trinajstić information content (AvgIpc) is 2.50. The van der Waals surface area contributed by atoms with Gasteiger partial charge in [-0.05, 0) is 0 Å². The van der Waals surface area contributed by atoms with Crippen molar-refractivity contribution < 1.29 is 117 Å². The molecule has 0 rings (SSSR count). The molecule has 31 heavy (non-hydrogen) atoms. The summed E-state index contributed by atoms with van der Waals surface area (Å²) in [7, 11) is 0. The van der Waals surface area contributed by atoms with Crippen LogP contribution in [0.4, 0.5) is 0 Å². The Kier molecular flexibility index (Phi) is 26.2. The normalized spacial score (nSPS) is 9.10. The minimum absolute atomic E-state index is 0. The molecular formula is C14H21N3Na2O12. The number of hydrogen-bond acceptors (Lipinski definition) is 15. The molecule has 0 saturated heterocycles. The Morgan fingerprint density at radius 2 is 0.839 bits per heavy atom. The predicted molar refractivity (Wildman–Crippen MR) is 83.4 cm³/mol. The Balaban J connectivity index is -0.000000282. The zero-order valence-corrected chi connectivity index (χ0v) is 22.1. The van der Waals surface area contributed by atoms with Gasteiger partial charge in [-0.2, -0.15) is 0 Å². The van der Waals surface area contributed by atoms with Crippen LogP contribution in [0.1, 0.15) is 27.7 Å². The van der Waals surface area contributed by atoms with Crippen molar-refractivity contribution in [2.24, 2.45) is 0 Å². The second-order valence-electron chi connectivity index (χ2n) is 4.79. The van der Waals surface area contributed by atoms with Gasteiger partial charge >= 0.3 is 83.0 Å². The van der Waals surface area contributed by atoms with E-state index in [1.54, 1.807) is 0 Å². The molecule has 0 atom stereocenters. The summed E-state index contributed by atoms with van der Waals surface area (Å²) in [5.74, 6) is -5.57. The van der Waals surface area contributed by atoms with Crippen molar-refractivity contribution in [2.45, 2.75) is 27.7 Å². The molecule has 0 aliphatic rings. The number of carbonyl (C=O) groups is 6. The number of hydroxylamine groups is 4. The van der Waals surface area contributed by atoms with E-state index < -0.39 is 48.9 Å². The molecule has 1 N–H and O–H groups in total. The molecule has 166 valence electrons. The number of carboxylic acid groups (broad SMARTS) is 2. The van der Waals surface area contributed by atoms with Crippen LogP contribution in [-0.2, 0) is 48.1 Å². The molecular weight excluding hydrogens is 448 g/mol. The van der Waals surface area contributed by atoms with Gasteiger partial charge in [0.1, 0.15) is 0 Å². The van der Waals surface area contributed by atoms with Crippen molar-refractivity contribution in [1.82, 2.24) is 15.8 Å². The summed E-state index contributed by atoms with van der Waals surface area (Å²) < 4.78 is 0. The van der Waals surface area contributed by atoms with Crippen molar-refractivity contribution in [3.8, 4) is 0 Å². The van der Waals surface area contributed by atoms with Gasteiger partial charge in [0.2, 0.25) is 0 Å². The number of nitrogens with zero attached hydrogens (tertiary/aromatic N) is 2. The monoisotopic (exact) mass is 469 g/mol. The van der Waals surface area contributed by atoms with Crippen molar-refractivity contribution in [1.29, 1.82) is 0 Å². The van der Waals surface area contributed by atoms with E-state index in [0.717, 1.165) is 27.7 Å². The fraction of sp³-hybridized carbons (Fsp3) is 0.571. The van der Waals surface area contributed by atoms with Gasteiger partial charge in [-0.3, -0.25) is 19.2 Å². The van der Waals surface area contributed by atoms with Gasteiger partial charge in [-0.25, -0.2) is 0 Å². The predicted octanol–water partition coefficient (Wildman–Crippen LogP) is -10.4. The molecule has 15 nitrogen and oxygen atoms in total. The molecule has 17 heteroatoms. The molecule has 0 aromatic carbocycles. The van der Waals surface area contributed by atoms with Gasteiger partial charge in [-0.1, -0.05) is 0 Å². The zero-order chi connectivity index (χ0) is 23.0. The number of hydrogen-bond donors (Lipinski definition) is 1. The summed E-state index contributed by atoms with van der Waals surface area (Å²) >= 11 is 0. The maximum Gasteiger partial charge on any atom is 1.00 e. The zero-order valence-electron chi connectivity index (χ0n) is 18.1. The molecule has 0 radical (unpaired) electrons. The van der Waals surface area contributed by atoms with E-state index in [9.17, 15) is 39.0 Å². The fourth-order valence-corrected chi connectivity index (χ4v) is 1.22. The maximum absolute atomic E-state index is 10.8. The van der Waals surface area contributed by atoms with E-state index in [0.29, 0.717) is 10.5 Å². The van der Waals surface area contributed by atoms with Crippen LogP contribution in [-0.4, -0.2) is 72.4 Å². The number of rotatable bonds is 11. The van der Waals surface area contributed by atoms with Crippen molar-refractivity contribution in [2.75, 3.05) is 26.2 Å². The first-order valence-electron chi connectivity index (χ1n) is 7.73. The summed E-state index contributed by atoms with van der Waals surface area (Å²) in [6, 6.07) is 0. The summed E-state index contributed by atoms with van der Waals surface area (Å²) in [4.78, 5) is 80.6. The fourth-order valence-electron chi connectivity index (χ4n) is 1.22. The Bertz CT molecular complexity index is 523. The molecule has 0 spiro atoms. The van der Waals surface area contributed by atoms with E-state index in [4.69, 9.17) is 0 Å². The topological polar surface area (TPSA) is 204 Å². The summed E-state index contributed by atoms with van der Waals surface area (Å²) in [6.45, 7) is 3.04. The number of aliphatic carboxylic acids is 2. The van der Waals surface area contributed by atoms with Crippen LogP contribution in [0, 0.1) is 0 Å². The Morgan fingerprint density at radius 1 is 0.613 bits per heavy atom. The third-order valence-electron chi connectivity index (χ3n) is 1.93. The number of nitrogens with one attached hydrogen (secondary N) is 1. The van der Waals surface area contributed by atoms with Gasteiger partial charge in [0, 0.05) is 51.2 Å².